The van der Waals surface area contributed by atoms with Gasteiger partial charge in [0, 0.05) is 6.20 Å². The fraction of sp³-hybridized carbons (Fsp3) is 0.250. The van der Waals surface area contributed by atoms with Crippen molar-refractivity contribution in [2.45, 2.75) is 13.0 Å². The Kier molecular flexibility index (Phi) is 2.20. The molecule has 13 heavy (non-hydrogen) atoms. The van der Waals surface area contributed by atoms with Crippen molar-refractivity contribution >= 4 is 33.6 Å². The van der Waals surface area contributed by atoms with Crippen LogP contribution in [0.15, 0.2) is 12.4 Å². The summed E-state index contributed by atoms with van der Waals surface area (Å²) in [5.41, 5.74) is 1.73. The first kappa shape index (κ1) is 8.89. The number of pyridine rings is 1. The van der Waals surface area contributed by atoms with Gasteiger partial charge in [0.1, 0.15) is 17.4 Å². The summed E-state index contributed by atoms with van der Waals surface area (Å²) >= 11 is 2.17. The number of aliphatic hydroxyl groups excluding tert-OH is 1. The Hall–Kier alpha value is -0.690. The number of nitrogens with zero attached hydrogens (tertiary/aromatic N) is 2. The minimum Gasteiger partial charge on any atom is -0.385 e. The van der Waals surface area contributed by atoms with Crippen molar-refractivity contribution in [1.29, 1.82) is 0 Å². The predicted molar refractivity (Wildman–Crippen MR) is 57.2 cm³/mol. The molecule has 0 amide bonds. The van der Waals surface area contributed by atoms with Crippen molar-refractivity contribution in [3.05, 3.63) is 21.8 Å². The fourth-order valence-corrected chi connectivity index (χ4v) is 1.69. The fourth-order valence-electron chi connectivity index (χ4n) is 1.12. The maximum absolute atomic E-state index is 9.30. The lowest BCUT2D eigenvalue weighted by Crippen LogP contribution is -1.92. The number of imidazole rings is 1. The number of rotatable bonds is 1. The summed E-state index contributed by atoms with van der Waals surface area (Å²) in [5.74, 6) is 0.584. The number of nitrogens with one attached hydrogen (secondary N) is 1. The monoisotopic (exact) mass is 289 g/mol. The molecule has 0 saturated heterocycles. The molecular weight excluding hydrogens is 281 g/mol. The molecule has 2 rings (SSSR count). The van der Waals surface area contributed by atoms with Gasteiger partial charge in [-0.05, 0) is 29.5 Å². The molecule has 1 atom stereocenters. The SMILES string of the molecule is C[C@H](O)c1nc2c(I)cncc2[nH]1. The van der Waals surface area contributed by atoms with Crippen molar-refractivity contribution < 1.29 is 5.11 Å². The van der Waals surface area contributed by atoms with Gasteiger partial charge in [-0.2, -0.15) is 0 Å². The highest BCUT2D eigenvalue weighted by Gasteiger charge is 2.09. The lowest BCUT2D eigenvalue weighted by atomic mass is 10.4. The average molecular weight is 289 g/mol. The Balaban J connectivity index is 2.68. The van der Waals surface area contributed by atoms with Crippen molar-refractivity contribution in [2.24, 2.45) is 0 Å². The highest BCUT2D eigenvalue weighted by molar-refractivity contribution is 14.1. The summed E-state index contributed by atoms with van der Waals surface area (Å²) < 4.78 is 0.984. The summed E-state index contributed by atoms with van der Waals surface area (Å²) in [4.78, 5) is 11.3. The lowest BCUT2D eigenvalue weighted by Gasteiger charge is -1.95. The molecule has 2 aromatic heterocycles. The standard InChI is InChI=1S/C8H8IN3O/c1-4(13)8-11-6-3-10-2-5(9)7(6)12-8/h2-4,13H,1H3,(H,11,12)/t4-/m0/s1. The molecule has 4 nitrogen and oxygen atoms in total. The van der Waals surface area contributed by atoms with E-state index in [1.165, 1.54) is 0 Å². The molecule has 0 saturated carbocycles. The van der Waals surface area contributed by atoms with Gasteiger partial charge in [-0.3, -0.25) is 4.98 Å². The van der Waals surface area contributed by atoms with E-state index >= 15 is 0 Å². The molecule has 0 aliphatic heterocycles. The van der Waals surface area contributed by atoms with Gasteiger partial charge >= 0.3 is 0 Å². The average Bonchev–Trinajstić information content (AvgIpc) is 2.49. The number of hydrogen-bond donors (Lipinski definition) is 2. The second kappa shape index (κ2) is 3.22. The minimum absolute atomic E-state index is 0.566. The summed E-state index contributed by atoms with van der Waals surface area (Å²) in [6, 6.07) is 0. The molecule has 0 aliphatic carbocycles. The van der Waals surface area contributed by atoms with Gasteiger partial charge in [-0.1, -0.05) is 0 Å². The van der Waals surface area contributed by atoms with E-state index in [9.17, 15) is 5.11 Å². The summed E-state index contributed by atoms with van der Waals surface area (Å²) in [6.07, 6.45) is 2.88. The van der Waals surface area contributed by atoms with E-state index in [1.54, 1.807) is 19.3 Å². The molecule has 5 heteroatoms. The Labute approximate surface area is 88.5 Å². The molecule has 68 valence electrons. The first-order chi connectivity index (χ1) is 6.18. The van der Waals surface area contributed by atoms with E-state index in [1.807, 2.05) is 0 Å². The predicted octanol–water partition coefficient (Wildman–Crippen LogP) is 1.62. The van der Waals surface area contributed by atoms with Crippen LogP contribution >= 0.6 is 22.6 Å². The molecule has 0 unspecified atom stereocenters. The summed E-state index contributed by atoms with van der Waals surface area (Å²) in [7, 11) is 0. The van der Waals surface area contributed by atoms with E-state index in [4.69, 9.17) is 0 Å². The van der Waals surface area contributed by atoms with E-state index in [2.05, 4.69) is 37.5 Å². The van der Waals surface area contributed by atoms with Crippen LogP contribution in [0.3, 0.4) is 0 Å². The minimum atomic E-state index is -0.566. The van der Waals surface area contributed by atoms with Crippen molar-refractivity contribution in [3.63, 3.8) is 0 Å². The number of aliphatic hydroxyl groups is 1. The molecule has 0 bridgehead atoms. The molecular formula is C8H8IN3O. The van der Waals surface area contributed by atoms with E-state index in [0.717, 1.165) is 14.6 Å². The van der Waals surface area contributed by atoms with Crippen molar-refractivity contribution in [1.82, 2.24) is 15.0 Å². The number of hydrogen-bond acceptors (Lipinski definition) is 3. The maximum atomic E-state index is 9.30. The zero-order valence-electron chi connectivity index (χ0n) is 6.95. The summed E-state index contributed by atoms with van der Waals surface area (Å²) in [6.45, 7) is 1.68. The van der Waals surface area contributed by atoms with Gasteiger partial charge in [0.15, 0.2) is 0 Å². The molecule has 0 aromatic carbocycles. The first-order valence-corrected chi connectivity index (χ1v) is 4.93. The number of fused-ring (bicyclic) bond motifs is 1. The zero-order chi connectivity index (χ0) is 9.42. The zero-order valence-corrected chi connectivity index (χ0v) is 9.11. The van der Waals surface area contributed by atoms with Gasteiger partial charge in [-0.15, -0.1) is 0 Å². The highest BCUT2D eigenvalue weighted by Crippen LogP contribution is 2.19. The number of aromatic amines is 1. The van der Waals surface area contributed by atoms with Crippen LogP contribution in [0.5, 0.6) is 0 Å². The second-order valence-electron chi connectivity index (χ2n) is 2.82. The Morgan fingerprint density at radius 1 is 1.54 bits per heavy atom. The molecule has 0 aliphatic rings. The largest absolute Gasteiger partial charge is 0.385 e. The molecule has 2 N–H and O–H groups in total. The van der Waals surface area contributed by atoms with Crippen LogP contribution in [-0.4, -0.2) is 20.1 Å². The van der Waals surface area contributed by atoms with Gasteiger partial charge in [0.05, 0.1) is 15.3 Å². The molecule has 2 aromatic rings. The third kappa shape index (κ3) is 1.53. The van der Waals surface area contributed by atoms with Crippen LogP contribution in [0.1, 0.15) is 18.9 Å². The van der Waals surface area contributed by atoms with Crippen LogP contribution in [0.4, 0.5) is 0 Å². The number of H-pyrrole nitrogens is 1. The molecule has 0 fully saturated rings. The molecule has 2 heterocycles. The second-order valence-corrected chi connectivity index (χ2v) is 3.98. The molecule has 0 spiro atoms. The Morgan fingerprint density at radius 3 is 2.92 bits per heavy atom. The van der Waals surface area contributed by atoms with Crippen LogP contribution < -0.4 is 0 Å². The summed E-state index contributed by atoms with van der Waals surface area (Å²) in [5, 5.41) is 9.30. The van der Waals surface area contributed by atoms with E-state index < -0.39 is 6.10 Å². The topological polar surface area (TPSA) is 61.8 Å². The van der Waals surface area contributed by atoms with E-state index in [-0.39, 0.29) is 0 Å². The van der Waals surface area contributed by atoms with Crippen LogP contribution in [-0.2, 0) is 0 Å². The molecule has 0 radical (unpaired) electrons. The van der Waals surface area contributed by atoms with E-state index in [0.29, 0.717) is 5.82 Å². The first-order valence-electron chi connectivity index (χ1n) is 3.85. The Bertz CT molecular complexity index is 438. The van der Waals surface area contributed by atoms with Gasteiger partial charge < -0.3 is 10.1 Å². The normalized spacial score (nSPS) is 13.5. The van der Waals surface area contributed by atoms with Crippen LogP contribution in [0.2, 0.25) is 0 Å². The third-order valence-electron chi connectivity index (χ3n) is 1.76. The van der Waals surface area contributed by atoms with Crippen molar-refractivity contribution in [3.8, 4) is 0 Å². The van der Waals surface area contributed by atoms with Crippen molar-refractivity contribution in [2.75, 3.05) is 0 Å². The van der Waals surface area contributed by atoms with Gasteiger partial charge in [0.2, 0.25) is 0 Å². The van der Waals surface area contributed by atoms with Gasteiger partial charge in [-0.25, -0.2) is 4.98 Å². The number of aromatic nitrogens is 3. The lowest BCUT2D eigenvalue weighted by molar-refractivity contribution is 0.190. The van der Waals surface area contributed by atoms with Gasteiger partial charge in [0.25, 0.3) is 0 Å². The Morgan fingerprint density at radius 2 is 2.31 bits per heavy atom. The maximum Gasteiger partial charge on any atom is 0.136 e. The smallest absolute Gasteiger partial charge is 0.136 e. The number of halogens is 1. The van der Waals surface area contributed by atoms with Crippen LogP contribution in [0.25, 0.3) is 11.0 Å². The quantitative estimate of drug-likeness (QED) is 0.784. The highest BCUT2D eigenvalue weighted by atomic mass is 127. The third-order valence-corrected chi connectivity index (χ3v) is 2.55. The van der Waals surface area contributed by atoms with Crippen LogP contribution in [0, 0.1) is 3.57 Å².